The van der Waals surface area contributed by atoms with Crippen LogP contribution in [0.3, 0.4) is 0 Å². The number of hydrogen-bond donors (Lipinski definition) is 4. The van der Waals surface area contributed by atoms with Crippen LogP contribution in [0.2, 0.25) is 0 Å². The van der Waals surface area contributed by atoms with E-state index in [9.17, 15) is 19.2 Å². The van der Waals surface area contributed by atoms with Crippen molar-refractivity contribution in [2.24, 2.45) is 11.8 Å². The Bertz CT molecular complexity index is 540. The maximum absolute atomic E-state index is 12.6. The number of carbonyl (C=O) groups excluding carboxylic acids is 3. The molecule has 27 heavy (non-hydrogen) atoms. The Hall–Kier alpha value is -2.32. The van der Waals surface area contributed by atoms with E-state index in [2.05, 4.69) is 16.0 Å². The van der Waals surface area contributed by atoms with Crippen molar-refractivity contribution in [2.75, 3.05) is 6.54 Å². The van der Waals surface area contributed by atoms with E-state index in [1.165, 1.54) is 0 Å². The van der Waals surface area contributed by atoms with Gasteiger partial charge in [0, 0.05) is 0 Å². The molecule has 0 radical (unpaired) electrons. The second-order valence-electron chi connectivity index (χ2n) is 8.17. The average molecular weight is 387 g/mol. The summed E-state index contributed by atoms with van der Waals surface area (Å²) in [5, 5.41) is 16.1. The van der Waals surface area contributed by atoms with Crippen LogP contribution in [0.5, 0.6) is 0 Å². The van der Waals surface area contributed by atoms with Gasteiger partial charge in [0.25, 0.3) is 0 Å². The minimum absolute atomic E-state index is 0.0854. The van der Waals surface area contributed by atoms with Crippen molar-refractivity contribution in [3.63, 3.8) is 0 Å². The van der Waals surface area contributed by atoms with E-state index in [1.807, 2.05) is 13.8 Å². The van der Waals surface area contributed by atoms with Gasteiger partial charge >= 0.3 is 12.1 Å². The third-order valence-corrected chi connectivity index (χ3v) is 3.38. The lowest BCUT2D eigenvalue weighted by molar-refractivity contribution is -0.138. The fourth-order valence-corrected chi connectivity index (χ4v) is 2.22. The van der Waals surface area contributed by atoms with Crippen LogP contribution in [0.15, 0.2) is 0 Å². The van der Waals surface area contributed by atoms with Crippen LogP contribution in [0.1, 0.15) is 54.9 Å². The molecular weight excluding hydrogens is 354 g/mol. The molecule has 9 heteroatoms. The maximum atomic E-state index is 12.6. The van der Waals surface area contributed by atoms with Crippen LogP contribution < -0.4 is 16.0 Å². The molecule has 0 aromatic carbocycles. The van der Waals surface area contributed by atoms with Crippen LogP contribution in [-0.4, -0.2) is 53.2 Å². The Morgan fingerprint density at radius 1 is 0.963 bits per heavy atom. The monoisotopic (exact) mass is 387 g/mol. The van der Waals surface area contributed by atoms with Gasteiger partial charge in [-0.25, -0.2) is 4.79 Å². The minimum Gasteiger partial charge on any atom is -0.480 e. The molecule has 0 heterocycles. The van der Waals surface area contributed by atoms with Crippen molar-refractivity contribution in [3.05, 3.63) is 0 Å². The number of ether oxygens (including phenoxy) is 1. The lowest BCUT2D eigenvalue weighted by Crippen LogP contribution is -2.56. The van der Waals surface area contributed by atoms with Gasteiger partial charge in [-0.1, -0.05) is 27.7 Å². The zero-order valence-corrected chi connectivity index (χ0v) is 17.2. The standard InChI is InChI=1S/C18H33N3O6/c1-10(2)8-12(15(24)19-9-13(22)23)20-16(25)14(11(3)4)21-17(26)27-18(5,6)7/h10-12,14H,8-9H2,1-7H3,(H,19,24)(H,20,25)(H,21,26)(H,22,23)/t12-,14-/m0/s1. The van der Waals surface area contributed by atoms with Gasteiger partial charge in [-0.3, -0.25) is 14.4 Å². The van der Waals surface area contributed by atoms with E-state index in [1.54, 1.807) is 34.6 Å². The second-order valence-corrected chi connectivity index (χ2v) is 8.17. The number of hydrogen-bond acceptors (Lipinski definition) is 5. The molecule has 0 aromatic heterocycles. The molecule has 0 saturated carbocycles. The number of rotatable bonds is 9. The minimum atomic E-state index is -1.18. The van der Waals surface area contributed by atoms with Crippen molar-refractivity contribution in [2.45, 2.75) is 72.6 Å². The molecule has 0 fully saturated rings. The molecule has 156 valence electrons. The van der Waals surface area contributed by atoms with Gasteiger partial charge in [-0.05, 0) is 39.0 Å². The molecule has 0 aliphatic heterocycles. The SMILES string of the molecule is CC(C)C[C@H](NC(=O)[C@@H](NC(=O)OC(C)(C)C)C(C)C)C(=O)NCC(=O)O. The van der Waals surface area contributed by atoms with Crippen LogP contribution in [0, 0.1) is 11.8 Å². The quantitative estimate of drug-likeness (QED) is 0.471. The number of carboxylic acid groups (broad SMARTS) is 1. The molecule has 0 aliphatic rings. The average Bonchev–Trinajstić information content (AvgIpc) is 2.46. The summed E-state index contributed by atoms with van der Waals surface area (Å²) in [6.45, 7) is 11.9. The topological polar surface area (TPSA) is 134 Å². The van der Waals surface area contributed by atoms with Crippen LogP contribution in [0.25, 0.3) is 0 Å². The lowest BCUT2D eigenvalue weighted by atomic mass is 10.00. The Balaban J connectivity index is 5.12. The summed E-state index contributed by atoms with van der Waals surface area (Å²) >= 11 is 0. The summed E-state index contributed by atoms with van der Waals surface area (Å²) in [6.07, 6.45) is -0.402. The van der Waals surface area contributed by atoms with Crippen LogP contribution in [0.4, 0.5) is 4.79 Å². The molecule has 0 unspecified atom stereocenters. The van der Waals surface area contributed by atoms with E-state index >= 15 is 0 Å². The van der Waals surface area contributed by atoms with Gasteiger partial charge in [0.05, 0.1) is 0 Å². The van der Waals surface area contributed by atoms with Gasteiger partial charge in [0.2, 0.25) is 11.8 Å². The van der Waals surface area contributed by atoms with E-state index < -0.39 is 48.1 Å². The van der Waals surface area contributed by atoms with E-state index in [4.69, 9.17) is 9.84 Å². The van der Waals surface area contributed by atoms with Gasteiger partial charge in [-0.15, -0.1) is 0 Å². The predicted molar refractivity (Wildman–Crippen MR) is 100 cm³/mol. The smallest absolute Gasteiger partial charge is 0.408 e. The van der Waals surface area contributed by atoms with E-state index in [0.717, 1.165) is 0 Å². The Kier molecular flexibility index (Phi) is 9.82. The third kappa shape index (κ3) is 11.1. The van der Waals surface area contributed by atoms with Gasteiger partial charge < -0.3 is 25.8 Å². The van der Waals surface area contributed by atoms with Gasteiger partial charge in [0.1, 0.15) is 24.2 Å². The molecule has 0 bridgehead atoms. The third-order valence-electron chi connectivity index (χ3n) is 3.38. The predicted octanol–water partition coefficient (Wildman–Crippen LogP) is 1.27. The number of alkyl carbamates (subject to hydrolysis) is 1. The highest BCUT2D eigenvalue weighted by molar-refractivity contribution is 5.92. The molecule has 3 amide bonds. The summed E-state index contributed by atoms with van der Waals surface area (Å²) in [4.78, 5) is 47.5. The van der Waals surface area contributed by atoms with Crippen LogP contribution >= 0.6 is 0 Å². The molecule has 0 aromatic rings. The first-order chi connectivity index (χ1) is 12.2. The van der Waals surface area contributed by atoms with Crippen molar-refractivity contribution in [1.82, 2.24) is 16.0 Å². The highest BCUT2D eigenvalue weighted by Crippen LogP contribution is 2.10. The van der Waals surface area contributed by atoms with Crippen LogP contribution in [-0.2, 0) is 19.1 Å². The summed E-state index contributed by atoms with van der Waals surface area (Å²) in [6, 6.07) is -1.81. The molecule has 4 N–H and O–H groups in total. The highest BCUT2D eigenvalue weighted by Gasteiger charge is 2.30. The highest BCUT2D eigenvalue weighted by atomic mass is 16.6. The zero-order valence-electron chi connectivity index (χ0n) is 17.2. The number of carbonyl (C=O) groups is 4. The normalized spacial score (nSPS) is 13.7. The molecule has 0 rings (SSSR count). The van der Waals surface area contributed by atoms with Crippen molar-refractivity contribution in [1.29, 1.82) is 0 Å². The molecule has 9 nitrogen and oxygen atoms in total. The zero-order chi connectivity index (χ0) is 21.4. The number of aliphatic carboxylic acids is 1. The van der Waals surface area contributed by atoms with E-state index in [-0.39, 0.29) is 11.8 Å². The maximum Gasteiger partial charge on any atom is 0.408 e. The Labute approximate surface area is 160 Å². The largest absolute Gasteiger partial charge is 0.480 e. The summed E-state index contributed by atoms with van der Waals surface area (Å²) < 4.78 is 5.18. The Morgan fingerprint density at radius 2 is 1.52 bits per heavy atom. The molecular formula is C18H33N3O6. The van der Waals surface area contributed by atoms with Gasteiger partial charge in [0.15, 0.2) is 0 Å². The second kappa shape index (κ2) is 10.7. The first-order valence-electron chi connectivity index (χ1n) is 9.02. The van der Waals surface area contributed by atoms with Gasteiger partial charge in [-0.2, -0.15) is 0 Å². The summed E-state index contributed by atoms with van der Waals surface area (Å²) in [5.74, 6) is -2.46. The molecule has 0 aliphatic carbocycles. The van der Waals surface area contributed by atoms with Crippen molar-refractivity contribution < 1.29 is 29.0 Å². The fourth-order valence-electron chi connectivity index (χ4n) is 2.22. The molecule has 0 saturated heterocycles. The fraction of sp³-hybridized carbons (Fsp3) is 0.778. The first kappa shape index (κ1) is 24.7. The summed E-state index contributed by atoms with van der Waals surface area (Å²) in [7, 11) is 0. The molecule has 0 spiro atoms. The lowest BCUT2D eigenvalue weighted by Gasteiger charge is -2.27. The number of amides is 3. The summed E-state index contributed by atoms with van der Waals surface area (Å²) in [5.41, 5.74) is -0.709. The molecule has 2 atom stereocenters. The van der Waals surface area contributed by atoms with Crippen molar-refractivity contribution in [3.8, 4) is 0 Å². The Morgan fingerprint density at radius 3 is 1.93 bits per heavy atom. The first-order valence-corrected chi connectivity index (χ1v) is 9.02. The number of nitrogens with one attached hydrogen (secondary N) is 3. The van der Waals surface area contributed by atoms with E-state index in [0.29, 0.717) is 6.42 Å². The van der Waals surface area contributed by atoms with Crippen molar-refractivity contribution >= 4 is 23.9 Å². The number of carboxylic acids is 1.